The van der Waals surface area contributed by atoms with Crippen molar-refractivity contribution < 1.29 is 22.7 Å². The molecule has 0 aliphatic carbocycles. The van der Waals surface area contributed by atoms with Gasteiger partial charge in [-0.1, -0.05) is 0 Å². The molecule has 1 aliphatic heterocycles. The lowest BCUT2D eigenvalue weighted by Crippen LogP contribution is -2.52. The fourth-order valence-corrected chi connectivity index (χ4v) is 2.94. The molecule has 0 aromatic rings. The number of ether oxygens (including phenoxy) is 2. The zero-order valence-electron chi connectivity index (χ0n) is 10.2. The first kappa shape index (κ1) is 14.4. The minimum Gasteiger partial charge on any atom is -0.468 e. The Labute approximate surface area is 101 Å². The van der Waals surface area contributed by atoms with Gasteiger partial charge in [0.05, 0.1) is 19.3 Å². The van der Waals surface area contributed by atoms with Gasteiger partial charge in [0.15, 0.2) is 0 Å². The Bertz CT molecular complexity index is 360. The van der Waals surface area contributed by atoms with Crippen LogP contribution >= 0.6 is 0 Å². The molecule has 1 aliphatic rings. The van der Waals surface area contributed by atoms with Crippen molar-refractivity contribution >= 4 is 16.2 Å². The van der Waals surface area contributed by atoms with E-state index in [9.17, 15) is 13.2 Å². The molecule has 1 rings (SSSR count). The molecule has 1 N–H and O–H groups in total. The van der Waals surface area contributed by atoms with E-state index in [0.29, 0.717) is 0 Å². The molecule has 0 spiro atoms. The lowest BCUT2D eigenvalue weighted by Gasteiger charge is -2.34. The fraction of sp³-hybridized carbons (Fsp3) is 0.889. The highest BCUT2D eigenvalue weighted by Gasteiger charge is 2.31. The van der Waals surface area contributed by atoms with Crippen molar-refractivity contribution in [1.29, 1.82) is 0 Å². The number of nitrogens with one attached hydrogen (secondary N) is 1. The second-order valence-electron chi connectivity index (χ2n) is 3.98. The van der Waals surface area contributed by atoms with Gasteiger partial charge in [0.1, 0.15) is 6.54 Å². The van der Waals surface area contributed by atoms with Crippen LogP contribution in [0.3, 0.4) is 0 Å². The Morgan fingerprint density at radius 3 is 2.41 bits per heavy atom. The Morgan fingerprint density at radius 1 is 1.41 bits per heavy atom. The van der Waals surface area contributed by atoms with Crippen molar-refractivity contribution in [2.75, 3.05) is 26.7 Å². The van der Waals surface area contributed by atoms with Gasteiger partial charge in [-0.2, -0.15) is 17.4 Å². The van der Waals surface area contributed by atoms with Gasteiger partial charge in [-0.15, -0.1) is 0 Å². The quantitative estimate of drug-likeness (QED) is 0.667. The second-order valence-corrected chi connectivity index (χ2v) is 5.73. The predicted molar refractivity (Wildman–Crippen MR) is 60.5 cm³/mol. The number of rotatable bonds is 4. The maximum absolute atomic E-state index is 11.8. The number of morpholine rings is 1. The summed E-state index contributed by atoms with van der Waals surface area (Å²) in [6.07, 6.45) is -0.318. The molecule has 7 nitrogen and oxygen atoms in total. The molecule has 1 fully saturated rings. The molecule has 8 heteroatoms. The molecule has 17 heavy (non-hydrogen) atoms. The third-order valence-electron chi connectivity index (χ3n) is 2.35. The number of methoxy groups -OCH3 is 1. The third-order valence-corrected chi connectivity index (χ3v) is 3.84. The molecule has 1 heterocycles. The van der Waals surface area contributed by atoms with E-state index in [4.69, 9.17) is 4.74 Å². The van der Waals surface area contributed by atoms with Crippen molar-refractivity contribution in [3.05, 3.63) is 0 Å². The number of carbonyl (C=O) groups excluding carboxylic acids is 1. The summed E-state index contributed by atoms with van der Waals surface area (Å²) in [5, 5.41) is 0. The Kier molecular flexibility index (Phi) is 4.87. The molecule has 1 saturated heterocycles. The topological polar surface area (TPSA) is 84.9 Å². The number of hydrogen-bond donors (Lipinski definition) is 1. The summed E-state index contributed by atoms with van der Waals surface area (Å²) >= 11 is 0. The zero-order valence-corrected chi connectivity index (χ0v) is 11.0. The van der Waals surface area contributed by atoms with Crippen LogP contribution in [-0.4, -0.2) is 57.6 Å². The summed E-state index contributed by atoms with van der Waals surface area (Å²) in [6, 6.07) is 0. The van der Waals surface area contributed by atoms with Crippen LogP contribution in [0.1, 0.15) is 13.8 Å². The summed E-state index contributed by atoms with van der Waals surface area (Å²) in [5.41, 5.74) is 0. The van der Waals surface area contributed by atoms with E-state index in [0.717, 1.165) is 0 Å². The van der Waals surface area contributed by atoms with Gasteiger partial charge in [-0.05, 0) is 13.8 Å². The van der Waals surface area contributed by atoms with E-state index in [1.807, 2.05) is 0 Å². The number of esters is 1. The van der Waals surface area contributed by atoms with Crippen LogP contribution in [-0.2, 0) is 24.5 Å². The lowest BCUT2D eigenvalue weighted by molar-refractivity contribution is -0.139. The fourth-order valence-electron chi connectivity index (χ4n) is 1.64. The Hall–Kier alpha value is -0.700. The zero-order chi connectivity index (χ0) is 13.1. The molecule has 0 aromatic carbocycles. The van der Waals surface area contributed by atoms with E-state index in [1.54, 1.807) is 13.8 Å². The highest BCUT2D eigenvalue weighted by molar-refractivity contribution is 7.87. The first-order valence-electron chi connectivity index (χ1n) is 5.32. The van der Waals surface area contributed by atoms with Gasteiger partial charge < -0.3 is 9.47 Å². The standard InChI is InChI=1S/C9H18N2O5S/c1-7-5-11(6-8(2)16-7)17(13,14)10-4-9(12)15-3/h7-8,10H,4-6H2,1-3H3. The van der Waals surface area contributed by atoms with Crippen LogP contribution in [0.15, 0.2) is 0 Å². The van der Waals surface area contributed by atoms with E-state index in [-0.39, 0.29) is 31.8 Å². The summed E-state index contributed by atoms with van der Waals surface area (Å²) in [6.45, 7) is 3.80. The molecular weight excluding hydrogens is 248 g/mol. The van der Waals surface area contributed by atoms with Gasteiger partial charge in [0.25, 0.3) is 10.2 Å². The van der Waals surface area contributed by atoms with Crippen LogP contribution in [0, 0.1) is 0 Å². The minimum atomic E-state index is -3.65. The average molecular weight is 266 g/mol. The van der Waals surface area contributed by atoms with E-state index in [2.05, 4.69) is 9.46 Å². The van der Waals surface area contributed by atoms with Gasteiger partial charge in [0, 0.05) is 13.1 Å². The SMILES string of the molecule is COC(=O)CNS(=O)(=O)N1CC(C)OC(C)C1. The second kappa shape index (κ2) is 5.76. The van der Waals surface area contributed by atoms with Crippen LogP contribution in [0.25, 0.3) is 0 Å². The summed E-state index contributed by atoms with van der Waals surface area (Å²) in [4.78, 5) is 10.9. The number of nitrogens with zero attached hydrogens (tertiary/aromatic N) is 1. The largest absolute Gasteiger partial charge is 0.468 e. The molecule has 0 amide bonds. The van der Waals surface area contributed by atoms with Gasteiger partial charge in [0.2, 0.25) is 0 Å². The highest BCUT2D eigenvalue weighted by atomic mass is 32.2. The van der Waals surface area contributed by atoms with Gasteiger partial charge in [-0.3, -0.25) is 4.79 Å². The predicted octanol–water partition coefficient (Wildman–Crippen LogP) is -0.897. The van der Waals surface area contributed by atoms with Crippen molar-refractivity contribution in [3.63, 3.8) is 0 Å². The molecule has 0 radical (unpaired) electrons. The monoisotopic (exact) mass is 266 g/mol. The van der Waals surface area contributed by atoms with Gasteiger partial charge in [-0.25, -0.2) is 0 Å². The van der Waals surface area contributed by atoms with Crippen molar-refractivity contribution in [2.24, 2.45) is 0 Å². The molecular formula is C9H18N2O5S. The first-order valence-corrected chi connectivity index (χ1v) is 6.76. The number of hydrogen-bond acceptors (Lipinski definition) is 5. The van der Waals surface area contributed by atoms with E-state index >= 15 is 0 Å². The smallest absolute Gasteiger partial charge is 0.320 e. The van der Waals surface area contributed by atoms with Crippen LogP contribution in [0.2, 0.25) is 0 Å². The summed E-state index contributed by atoms with van der Waals surface area (Å²) < 4.78 is 37.0. The molecule has 0 aromatic heterocycles. The van der Waals surface area contributed by atoms with Gasteiger partial charge >= 0.3 is 5.97 Å². The summed E-state index contributed by atoms with van der Waals surface area (Å²) in [7, 11) is -2.45. The van der Waals surface area contributed by atoms with Crippen molar-refractivity contribution in [2.45, 2.75) is 26.1 Å². The third kappa shape index (κ3) is 4.23. The van der Waals surface area contributed by atoms with E-state index < -0.39 is 16.2 Å². The molecule has 100 valence electrons. The molecule has 0 saturated carbocycles. The molecule has 0 bridgehead atoms. The summed E-state index contributed by atoms with van der Waals surface area (Å²) in [5.74, 6) is -0.622. The van der Waals surface area contributed by atoms with Crippen LogP contribution in [0.4, 0.5) is 0 Å². The maximum atomic E-state index is 11.8. The van der Waals surface area contributed by atoms with Crippen LogP contribution in [0.5, 0.6) is 0 Å². The first-order chi connectivity index (χ1) is 7.85. The normalized spacial score (nSPS) is 26.8. The Balaban J connectivity index is 2.60. The maximum Gasteiger partial charge on any atom is 0.320 e. The lowest BCUT2D eigenvalue weighted by atomic mass is 10.3. The molecule has 2 atom stereocenters. The van der Waals surface area contributed by atoms with Crippen molar-refractivity contribution in [3.8, 4) is 0 Å². The number of carbonyl (C=O) groups is 1. The van der Waals surface area contributed by atoms with E-state index in [1.165, 1.54) is 11.4 Å². The molecule has 2 unspecified atom stereocenters. The average Bonchev–Trinajstić information content (AvgIpc) is 2.24. The van der Waals surface area contributed by atoms with Crippen LogP contribution < -0.4 is 4.72 Å². The minimum absolute atomic E-state index is 0.159. The highest BCUT2D eigenvalue weighted by Crippen LogP contribution is 2.13. The van der Waals surface area contributed by atoms with Crippen molar-refractivity contribution in [1.82, 2.24) is 9.03 Å². The Morgan fingerprint density at radius 2 is 1.94 bits per heavy atom.